The maximum absolute atomic E-state index is 12.8. The summed E-state index contributed by atoms with van der Waals surface area (Å²) in [7, 11) is 0. The molecule has 88 valence electrons. The van der Waals surface area contributed by atoms with Gasteiger partial charge in [-0.1, -0.05) is 29.8 Å². The molecule has 0 unspecified atom stereocenters. The Morgan fingerprint density at radius 2 is 1.94 bits per heavy atom. The average molecular weight is 363 g/mol. The van der Waals surface area contributed by atoms with Gasteiger partial charge in [0, 0.05) is 5.56 Å². The first-order valence-electron chi connectivity index (χ1n) is 4.98. The minimum atomic E-state index is -0.340. The number of rotatable bonds is 3. The van der Waals surface area contributed by atoms with Gasteiger partial charge in [-0.3, -0.25) is 0 Å². The lowest BCUT2D eigenvalue weighted by Crippen LogP contribution is -1.98. The van der Waals surface area contributed by atoms with E-state index in [0.29, 0.717) is 11.6 Å². The van der Waals surface area contributed by atoms with E-state index < -0.39 is 0 Å². The summed E-state index contributed by atoms with van der Waals surface area (Å²) in [6.45, 7) is 0.332. The average Bonchev–Trinajstić information content (AvgIpc) is 2.30. The van der Waals surface area contributed by atoms with Crippen LogP contribution in [0.3, 0.4) is 0 Å². The molecule has 0 heterocycles. The largest absolute Gasteiger partial charge is 0.488 e. The van der Waals surface area contributed by atoms with Crippen molar-refractivity contribution in [3.05, 3.63) is 62.4 Å². The SMILES string of the molecule is Fc1ccc(COc2ccccc2I)c(Cl)c1. The first kappa shape index (κ1) is 12.6. The van der Waals surface area contributed by atoms with Gasteiger partial charge in [0.1, 0.15) is 18.2 Å². The fraction of sp³-hybridized carbons (Fsp3) is 0.0769. The number of benzene rings is 2. The lowest BCUT2D eigenvalue weighted by Gasteiger charge is -2.09. The van der Waals surface area contributed by atoms with Gasteiger partial charge in [-0.2, -0.15) is 0 Å². The molecule has 0 radical (unpaired) electrons. The second-order valence-electron chi connectivity index (χ2n) is 3.45. The van der Waals surface area contributed by atoms with E-state index in [0.717, 1.165) is 14.9 Å². The lowest BCUT2D eigenvalue weighted by atomic mass is 10.2. The summed E-state index contributed by atoms with van der Waals surface area (Å²) in [5, 5.41) is 0.385. The molecule has 0 aliphatic carbocycles. The van der Waals surface area contributed by atoms with Crippen LogP contribution >= 0.6 is 34.2 Å². The third-order valence-electron chi connectivity index (χ3n) is 2.23. The van der Waals surface area contributed by atoms with Crippen molar-refractivity contribution in [2.24, 2.45) is 0 Å². The molecule has 1 nitrogen and oxygen atoms in total. The highest BCUT2D eigenvalue weighted by Gasteiger charge is 2.04. The summed E-state index contributed by atoms with van der Waals surface area (Å²) in [5.41, 5.74) is 0.771. The smallest absolute Gasteiger partial charge is 0.133 e. The number of hydrogen-bond donors (Lipinski definition) is 0. The zero-order valence-corrected chi connectivity index (χ0v) is 11.7. The molecule has 0 aromatic heterocycles. The van der Waals surface area contributed by atoms with Gasteiger partial charge in [0.25, 0.3) is 0 Å². The summed E-state index contributed by atoms with van der Waals surface area (Å²) in [6, 6.07) is 12.0. The van der Waals surface area contributed by atoms with Crippen LogP contribution in [0.2, 0.25) is 5.02 Å². The van der Waals surface area contributed by atoms with Gasteiger partial charge in [-0.15, -0.1) is 0 Å². The highest BCUT2D eigenvalue weighted by molar-refractivity contribution is 14.1. The highest BCUT2D eigenvalue weighted by atomic mass is 127. The molecule has 0 N–H and O–H groups in total. The van der Waals surface area contributed by atoms with Crippen molar-refractivity contribution in [3.63, 3.8) is 0 Å². The Balaban J connectivity index is 2.10. The van der Waals surface area contributed by atoms with Gasteiger partial charge in [0.2, 0.25) is 0 Å². The van der Waals surface area contributed by atoms with Gasteiger partial charge in [-0.05, 0) is 46.9 Å². The van der Waals surface area contributed by atoms with E-state index in [-0.39, 0.29) is 5.82 Å². The molecule has 0 atom stereocenters. The quantitative estimate of drug-likeness (QED) is 0.722. The molecule has 2 aromatic carbocycles. The van der Waals surface area contributed by atoms with E-state index in [1.807, 2.05) is 24.3 Å². The molecule has 0 spiro atoms. The number of para-hydroxylation sites is 1. The Bertz CT molecular complexity index is 531. The second-order valence-corrected chi connectivity index (χ2v) is 5.02. The summed E-state index contributed by atoms with van der Waals surface area (Å²) in [6.07, 6.45) is 0. The van der Waals surface area contributed by atoms with E-state index in [2.05, 4.69) is 22.6 Å². The molecule has 2 rings (SSSR count). The van der Waals surface area contributed by atoms with Gasteiger partial charge in [0.05, 0.1) is 8.59 Å². The molecule has 0 bridgehead atoms. The fourth-order valence-electron chi connectivity index (χ4n) is 1.36. The monoisotopic (exact) mass is 362 g/mol. The van der Waals surface area contributed by atoms with Crippen LogP contribution in [0, 0.1) is 9.39 Å². The van der Waals surface area contributed by atoms with Crippen LogP contribution < -0.4 is 4.74 Å². The minimum absolute atomic E-state index is 0.332. The topological polar surface area (TPSA) is 9.23 Å². The van der Waals surface area contributed by atoms with Crippen molar-refractivity contribution in [1.29, 1.82) is 0 Å². The van der Waals surface area contributed by atoms with Crippen LogP contribution in [0.4, 0.5) is 4.39 Å². The molecule has 0 saturated carbocycles. The maximum Gasteiger partial charge on any atom is 0.133 e. The van der Waals surface area contributed by atoms with E-state index >= 15 is 0 Å². The predicted octanol–water partition coefficient (Wildman–Crippen LogP) is 4.66. The third-order valence-corrected chi connectivity index (χ3v) is 3.48. The predicted molar refractivity (Wildman–Crippen MR) is 74.9 cm³/mol. The molecule has 0 amide bonds. The van der Waals surface area contributed by atoms with Crippen molar-refractivity contribution < 1.29 is 9.13 Å². The second kappa shape index (κ2) is 5.69. The van der Waals surface area contributed by atoms with Crippen LogP contribution in [-0.2, 0) is 6.61 Å². The van der Waals surface area contributed by atoms with Crippen LogP contribution in [0.1, 0.15) is 5.56 Å². The molecule has 2 aromatic rings. The van der Waals surface area contributed by atoms with Crippen molar-refractivity contribution >= 4 is 34.2 Å². The lowest BCUT2D eigenvalue weighted by molar-refractivity contribution is 0.304. The van der Waals surface area contributed by atoms with E-state index in [1.54, 1.807) is 6.07 Å². The van der Waals surface area contributed by atoms with Gasteiger partial charge >= 0.3 is 0 Å². The van der Waals surface area contributed by atoms with E-state index in [9.17, 15) is 4.39 Å². The van der Waals surface area contributed by atoms with Crippen LogP contribution in [0.15, 0.2) is 42.5 Å². The van der Waals surface area contributed by atoms with E-state index in [4.69, 9.17) is 16.3 Å². The normalized spacial score (nSPS) is 10.3. The maximum atomic E-state index is 12.8. The first-order chi connectivity index (χ1) is 8.16. The zero-order valence-electron chi connectivity index (χ0n) is 8.79. The van der Waals surface area contributed by atoms with Gasteiger partial charge in [-0.25, -0.2) is 4.39 Å². The summed E-state index contributed by atoms with van der Waals surface area (Å²) in [4.78, 5) is 0. The summed E-state index contributed by atoms with van der Waals surface area (Å²) in [5.74, 6) is 0.460. The van der Waals surface area contributed by atoms with Gasteiger partial charge < -0.3 is 4.74 Å². The number of hydrogen-bond acceptors (Lipinski definition) is 1. The Morgan fingerprint density at radius 3 is 2.65 bits per heavy atom. The number of halogens is 3. The molecule has 0 aliphatic rings. The van der Waals surface area contributed by atoms with Crippen molar-refractivity contribution in [1.82, 2.24) is 0 Å². The van der Waals surface area contributed by atoms with Crippen LogP contribution in [-0.4, -0.2) is 0 Å². The molecule has 0 saturated heterocycles. The number of ether oxygens (including phenoxy) is 1. The van der Waals surface area contributed by atoms with Crippen molar-refractivity contribution in [2.45, 2.75) is 6.61 Å². The van der Waals surface area contributed by atoms with E-state index in [1.165, 1.54) is 12.1 Å². The molecule has 0 aliphatic heterocycles. The van der Waals surface area contributed by atoms with Crippen LogP contribution in [0.5, 0.6) is 5.75 Å². The van der Waals surface area contributed by atoms with Crippen LogP contribution in [0.25, 0.3) is 0 Å². The van der Waals surface area contributed by atoms with Gasteiger partial charge in [0.15, 0.2) is 0 Å². The molecular formula is C13H9ClFIO. The Hall–Kier alpha value is -0.810. The molecular weight excluding hydrogens is 353 g/mol. The Morgan fingerprint density at radius 1 is 1.18 bits per heavy atom. The summed E-state index contributed by atoms with van der Waals surface area (Å²) >= 11 is 8.11. The first-order valence-corrected chi connectivity index (χ1v) is 6.44. The molecule has 17 heavy (non-hydrogen) atoms. The Labute approximate surface area is 118 Å². The van der Waals surface area contributed by atoms with Crippen molar-refractivity contribution in [3.8, 4) is 5.75 Å². The third kappa shape index (κ3) is 3.33. The molecule has 4 heteroatoms. The standard InChI is InChI=1S/C13H9ClFIO/c14-11-7-10(15)6-5-9(11)8-17-13-4-2-1-3-12(13)16/h1-7H,8H2. The fourth-order valence-corrected chi connectivity index (χ4v) is 2.12. The Kier molecular flexibility index (Phi) is 4.23. The summed E-state index contributed by atoms with van der Waals surface area (Å²) < 4.78 is 19.5. The zero-order chi connectivity index (χ0) is 12.3. The minimum Gasteiger partial charge on any atom is -0.488 e. The molecule has 0 fully saturated rings. The highest BCUT2D eigenvalue weighted by Crippen LogP contribution is 2.23. The van der Waals surface area contributed by atoms with Crippen molar-refractivity contribution in [2.75, 3.05) is 0 Å².